The summed E-state index contributed by atoms with van der Waals surface area (Å²) in [5.74, 6) is 0.0140. The number of amides is 1. The number of ether oxygens (including phenoxy) is 1. The highest BCUT2D eigenvalue weighted by Gasteiger charge is 2.19. The summed E-state index contributed by atoms with van der Waals surface area (Å²) < 4.78 is 18.7. The second-order valence-electron chi connectivity index (χ2n) is 6.94. The van der Waals surface area contributed by atoms with Crippen molar-refractivity contribution in [2.75, 3.05) is 13.1 Å². The fourth-order valence-corrected chi connectivity index (χ4v) is 3.36. The van der Waals surface area contributed by atoms with Crippen LogP contribution in [-0.4, -0.2) is 30.0 Å². The zero-order valence-electron chi connectivity index (χ0n) is 15.8. The summed E-state index contributed by atoms with van der Waals surface area (Å²) in [4.78, 5) is 15.0. The van der Waals surface area contributed by atoms with Crippen LogP contribution in [0.3, 0.4) is 0 Å². The van der Waals surface area contributed by atoms with Crippen LogP contribution in [0.5, 0.6) is 5.75 Å². The normalized spacial score (nSPS) is 15.5. The van der Waals surface area contributed by atoms with E-state index in [0.717, 1.165) is 25.2 Å². The molecule has 1 atom stereocenters. The third-order valence-electron chi connectivity index (χ3n) is 4.92. The maximum Gasteiger partial charge on any atom is 0.261 e. The Morgan fingerprint density at radius 1 is 1.11 bits per heavy atom. The van der Waals surface area contributed by atoms with E-state index in [-0.39, 0.29) is 11.7 Å². The molecule has 1 heterocycles. The Balaban J connectivity index is 1.58. The van der Waals surface area contributed by atoms with E-state index in [1.54, 1.807) is 0 Å². The van der Waals surface area contributed by atoms with Crippen LogP contribution >= 0.6 is 0 Å². The second-order valence-corrected chi connectivity index (χ2v) is 6.94. The minimum atomic E-state index is -0.596. The Morgan fingerprint density at radius 3 is 2.44 bits per heavy atom. The van der Waals surface area contributed by atoms with Gasteiger partial charge in [0, 0.05) is 13.1 Å². The highest BCUT2D eigenvalue weighted by atomic mass is 19.1. The Bertz CT molecular complexity index is 742. The Hall–Kier alpha value is -2.40. The molecule has 144 valence electrons. The second kappa shape index (κ2) is 9.51. The van der Waals surface area contributed by atoms with Crippen LogP contribution in [0.15, 0.2) is 48.5 Å². The first kappa shape index (κ1) is 19.4. The molecule has 0 saturated carbocycles. The summed E-state index contributed by atoms with van der Waals surface area (Å²) >= 11 is 0. The lowest BCUT2D eigenvalue weighted by molar-refractivity contribution is -0.128. The lowest BCUT2D eigenvalue weighted by atomic mass is 10.1. The highest BCUT2D eigenvalue weighted by molar-refractivity contribution is 5.81. The Kier molecular flexibility index (Phi) is 6.82. The van der Waals surface area contributed by atoms with Crippen molar-refractivity contribution in [2.24, 2.45) is 0 Å². The molecule has 1 N–H and O–H groups in total. The fourth-order valence-electron chi connectivity index (χ4n) is 3.36. The van der Waals surface area contributed by atoms with Gasteiger partial charge < -0.3 is 10.1 Å². The molecule has 0 aromatic heterocycles. The third kappa shape index (κ3) is 5.54. The van der Waals surface area contributed by atoms with Crippen molar-refractivity contribution in [3.8, 4) is 5.75 Å². The number of nitrogens with one attached hydrogen (secondary N) is 1. The van der Waals surface area contributed by atoms with Crippen molar-refractivity contribution in [1.82, 2.24) is 10.2 Å². The number of hydrogen-bond donors (Lipinski definition) is 1. The van der Waals surface area contributed by atoms with E-state index in [1.165, 1.54) is 42.7 Å². The summed E-state index contributed by atoms with van der Waals surface area (Å²) in [6, 6.07) is 14.0. The summed E-state index contributed by atoms with van der Waals surface area (Å²) in [5.41, 5.74) is 2.39. The molecule has 1 fully saturated rings. The molecule has 2 aromatic rings. The van der Waals surface area contributed by atoms with Crippen molar-refractivity contribution in [3.63, 3.8) is 0 Å². The molecule has 1 amide bonds. The molecule has 1 aliphatic rings. The maximum absolute atomic E-state index is 13.0. The van der Waals surface area contributed by atoms with Gasteiger partial charge in [0.1, 0.15) is 11.6 Å². The van der Waals surface area contributed by atoms with E-state index < -0.39 is 6.10 Å². The van der Waals surface area contributed by atoms with Gasteiger partial charge in [-0.3, -0.25) is 9.69 Å². The van der Waals surface area contributed by atoms with E-state index in [4.69, 9.17) is 4.74 Å². The molecule has 27 heavy (non-hydrogen) atoms. The number of carbonyl (C=O) groups excluding carboxylic acids is 1. The van der Waals surface area contributed by atoms with Crippen LogP contribution in [0, 0.1) is 5.82 Å². The molecule has 3 rings (SSSR count). The van der Waals surface area contributed by atoms with Crippen molar-refractivity contribution < 1.29 is 13.9 Å². The first-order chi connectivity index (χ1) is 13.2. The van der Waals surface area contributed by atoms with Gasteiger partial charge in [0.15, 0.2) is 6.10 Å². The molecule has 4 nitrogen and oxygen atoms in total. The molecule has 0 aliphatic carbocycles. The number of likely N-dealkylation sites (tertiary alicyclic amines) is 1. The van der Waals surface area contributed by atoms with Crippen LogP contribution in [0.2, 0.25) is 0 Å². The van der Waals surface area contributed by atoms with E-state index >= 15 is 0 Å². The number of hydrogen-bond acceptors (Lipinski definition) is 3. The van der Waals surface area contributed by atoms with Crippen molar-refractivity contribution >= 4 is 5.91 Å². The van der Waals surface area contributed by atoms with Gasteiger partial charge in [-0.15, -0.1) is 0 Å². The molecular formula is C22H27FN2O2. The van der Waals surface area contributed by atoms with Gasteiger partial charge in [-0.2, -0.15) is 0 Å². The molecule has 0 radical (unpaired) electrons. The molecule has 0 unspecified atom stereocenters. The smallest absolute Gasteiger partial charge is 0.261 e. The lowest BCUT2D eigenvalue weighted by Crippen LogP contribution is -2.37. The standard InChI is InChI=1S/C22H27FN2O2/c1-2-21(27-20-11-9-19(23)10-12-20)22(26)24-15-17-7-3-4-8-18(17)16-25-13-5-6-14-25/h3-4,7-12,21H,2,5-6,13-16H2,1H3,(H,24,26)/t21-/m1/s1. The third-order valence-corrected chi connectivity index (χ3v) is 4.92. The van der Waals surface area contributed by atoms with Crippen LogP contribution in [0.25, 0.3) is 0 Å². The van der Waals surface area contributed by atoms with Crippen LogP contribution in [-0.2, 0) is 17.9 Å². The first-order valence-corrected chi connectivity index (χ1v) is 9.65. The summed E-state index contributed by atoms with van der Waals surface area (Å²) in [6.07, 6.45) is 2.47. The van der Waals surface area contributed by atoms with Crippen molar-refractivity contribution in [1.29, 1.82) is 0 Å². The van der Waals surface area contributed by atoms with E-state index in [0.29, 0.717) is 18.7 Å². The lowest BCUT2D eigenvalue weighted by Gasteiger charge is -2.20. The molecular weight excluding hydrogens is 343 g/mol. The minimum Gasteiger partial charge on any atom is -0.481 e. The zero-order chi connectivity index (χ0) is 19.1. The van der Waals surface area contributed by atoms with E-state index in [9.17, 15) is 9.18 Å². The van der Waals surface area contributed by atoms with E-state index in [1.807, 2.05) is 19.1 Å². The summed E-state index contributed by atoms with van der Waals surface area (Å²) in [6.45, 7) is 5.59. The monoisotopic (exact) mass is 370 g/mol. The van der Waals surface area contributed by atoms with E-state index in [2.05, 4.69) is 22.3 Å². The Labute approximate surface area is 160 Å². The van der Waals surface area contributed by atoms with Crippen LogP contribution in [0.1, 0.15) is 37.3 Å². The number of nitrogens with zero attached hydrogens (tertiary/aromatic N) is 1. The highest BCUT2D eigenvalue weighted by Crippen LogP contribution is 2.17. The molecule has 1 saturated heterocycles. The molecule has 2 aromatic carbocycles. The molecule has 0 bridgehead atoms. The quantitative estimate of drug-likeness (QED) is 0.766. The van der Waals surface area contributed by atoms with Crippen molar-refractivity contribution in [3.05, 3.63) is 65.5 Å². The van der Waals surface area contributed by atoms with Gasteiger partial charge in [0.25, 0.3) is 5.91 Å². The fraction of sp³-hybridized carbons (Fsp3) is 0.409. The van der Waals surface area contributed by atoms with Gasteiger partial charge in [-0.25, -0.2) is 4.39 Å². The predicted molar refractivity (Wildman–Crippen MR) is 104 cm³/mol. The van der Waals surface area contributed by atoms with Gasteiger partial charge in [0.2, 0.25) is 0 Å². The van der Waals surface area contributed by atoms with Gasteiger partial charge >= 0.3 is 0 Å². The number of carbonyl (C=O) groups is 1. The molecule has 0 spiro atoms. The van der Waals surface area contributed by atoms with Crippen LogP contribution in [0.4, 0.5) is 4.39 Å². The minimum absolute atomic E-state index is 0.155. The topological polar surface area (TPSA) is 41.6 Å². The molecule has 5 heteroatoms. The number of rotatable bonds is 8. The number of halogens is 1. The SMILES string of the molecule is CC[C@@H](Oc1ccc(F)cc1)C(=O)NCc1ccccc1CN1CCCC1. The Morgan fingerprint density at radius 2 is 1.78 bits per heavy atom. The largest absolute Gasteiger partial charge is 0.481 e. The number of benzene rings is 2. The van der Waals surface area contributed by atoms with Crippen LogP contribution < -0.4 is 10.1 Å². The summed E-state index contributed by atoms with van der Waals surface area (Å²) in [7, 11) is 0. The zero-order valence-corrected chi connectivity index (χ0v) is 15.8. The molecule has 1 aliphatic heterocycles. The average Bonchev–Trinajstić information content (AvgIpc) is 3.19. The van der Waals surface area contributed by atoms with Gasteiger partial charge in [-0.05, 0) is 67.7 Å². The maximum atomic E-state index is 13.0. The average molecular weight is 370 g/mol. The predicted octanol–water partition coefficient (Wildman–Crippen LogP) is 3.90. The summed E-state index contributed by atoms with van der Waals surface area (Å²) in [5, 5.41) is 2.99. The first-order valence-electron chi connectivity index (χ1n) is 9.65. The van der Waals surface area contributed by atoms with Gasteiger partial charge in [-0.1, -0.05) is 31.2 Å². The van der Waals surface area contributed by atoms with Gasteiger partial charge in [0.05, 0.1) is 0 Å². The van der Waals surface area contributed by atoms with Crippen molar-refractivity contribution in [2.45, 2.75) is 45.4 Å².